The minimum Gasteiger partial charge on any atom is -0.330 e. The summed E-state index contributed by atoms with van der Waals surface area (Å²) >= 11 is 0. The summed E-state index contributed by atoms with van der Waals surface area (Å²) in [6.45, 7) is 3.86. The normalized spacial score (nSPS) is 21.9. The van der Waals surface area contributed by atoms with Crippen LogP contribution in [0.2, 0.25) is 0 Å². The molecule has 0 atom stereocenters. The molecule has 0 bridgehead atoms. The van der Waals surface area contributed by atoms with E-state index in [0.29, 0.717) is 88.4 Å². The first-order valence-corrected chi connectivity index (χ1v) is 16.9. The summed E-state index contributed by atoms with van der Waals surface area (Å²) in [5, 5.41) is 3.53. The average molecular weight is 613 g/mol. The van der Waals surface area contributed by atoms with Gasteiger partial charge in [0.1, 0.15) is 12.6 Å². The topological polar surface area (TPSA) is 151 Å². The lowest BCUT2D eigenvalue weighted by Gasteiger charge is -2.33. The summed E-state index contributed by atoms with van der Waals surface area (Å²) in [5.74, 6) is 2.15. The van der Waals surface area contributed by atoms with Gasteiger partial charge in [0.15, 0.2) is 0 Å². The number of hydrazine groups is 2. The van der Waals surface area contributed by atoms with E-state index in [-0.39, 0.29) is 11.8 Å². The smallest absolute Gasteiger partial charge is 0.236 e. The van der Waals surface area contributed by atoms with E-state index < -0.39 is 0 Å². The third-order valence-electron chi connectivity index (χ3n) is 9.48. The van der Waals surface area contributed by atoms with E-state index in [9.17, 15) is 19.2 Å². The van der Waals surface area contributed by atoms with Crippen LogP contribution in [0.5, 0.6) is 0 Å². The fourth-order valence-corrected chi connectivity index (χ4v) is 6.42. The van der Waals surface area contributed by atoms with E-state index in [1.165, 1.54) is 0 Å². The molecule has 2 aliphatic rings. The minimum absolute atomic E-state index is 0.0306. The molecule has 2 saturated carbocycles. The van der Waals surface area contributed by atoms with Crippen LogP contribution in [-0.4, -0.2) is 60.6 Å². The molecule has 2 amide bonds. The molecule has 0 saturated heterocycles. The molecule has 0 radical (unpaired) electrons. The van der Waals surface area contributed by atoms with E-state index in [4.69, 9.17) is 11.5 Å². The quantitative estimate of drug-likeness (QED) is 0.0991. The Morgan fingerprint density at radius 1 is 0.636 bits per heavy atom. The fraction of sp³-hybridized carbons (Fsp3) is 0.706. The first-order valence-electron chi connectivity index (χ1n) is 16.9. The van der Waals surface area contributed by atoms with Crippen molar-refractivity contribution in [2.45, 2.75) is 103 Å². The van der Waals surface area contributed by atoms with Crippen molar-refractivity contribution >= 4 is 24.4 Å². The molecule has 1 aromatic carbocycles. The zero-order valence-electron chi connectivity index (χ0n) is 26.6. The van der Waals surface area contributed by atoms with Crippen LogP contribution in [0.25, 0.3) is 0 Å². The van der Waals surface area contributed by atoms with Gasteiger partial charge in [0.05, 0.1) is 0 Å². The summed E-state index contributed by atoms with van der Waals surface area (Å²) in [5.41, 5.74) is 20.6. The molecule has 10 nitrogen and oxygen atoms in total. The van der Waals surface area contributed by atoms with Crippen LogP contribution in [0, 0.1) is 23.7 Å². The predicted octanol–water partition coefficient (Wildman–Crippen LogP) is 3.62. The van der Waals surface area contributed by atoms with Gasteiger partial charge in [0, 0.05) is 51.9 Å². The van der Waals surface area contributed by atoms with E-state index in [1.807, 2.05) is 0 Å². The molecule has 246 valence electrons. The van der Waals surface area contributed by atoms with E-state index >= 15 is 0 Å². The summed E-state index contributed by atoms with van der Waals surface area (Å²) in [7, 11) is 0. The van der Waals surface area contributed by atoms with E-state index in [0.717, 1.165) is 88.2 Å². The van der Waals surface area contributed by atoms with Crippen molar-refractivity contribution in [1.29, 1.82) is 0 Å². The Balaban J connectivity index is 1.53. The Bertz CT molecular complexity index is 911. The highest BCUT2D eigenvalue weighted by atomic mass is 16.2. The van der Waals surface area contributed by atoms with Gasteiger partial charge in [-0.15, -0.1) is 0 Å². The van der Waals surface area contributed by atoms with Gasteiger partial charge in [-0.1, -0.05) is 24.3 Å². The number of nitrogens with two attached hydrogens (primary N) is 2. The van der Waals surface area contributed by atoms with Gasteiger partial charge < -0.3 is 21.1 Å². The Kier molecular flexibility index (Phi) is 16.6. The SMILES string of the molecule is NCC1CCC(CN(NCc2ccc(CNN(CC3CCC(CN)CC3)C(=O)CCCC=O)cc2)C(=O)CCCC=O)CC1. The maximum absolute atomic E-state index is 13.0. The third-order valence-corrected chi connectivity index (χ3v) is 9.48. The lowest BCUT2D eigenvalue weighted by atomic mass is 9.82. The van der Waals surface area contributed by atoms with Crippen LogP contribution < -0.4 is 22.3 Å². The third kappa shape index (κ3) is 12.8. The zero-order valence-corrected chi connectivity index (χ0v) is 26.6. The molecule has 2 fully saturated rings. The Hall–Kier alpha value is -2.66. The first-order chi connectivity index (χ1) is 21.4. The molecule has 10 heteroatoms. The van der Waals surface area contributed by atoms with Crippen LogP contribution in [0.1, 0.15) is 101 Å². The highest BCUT2D eigenvalue weighted by Gasteiger charge is 2.26. The molecular formula is C34H56N6O4. The Morgan fingerprint density at radius 3 is 1.30 bits per heavy atom. The highest BCUT2D eigenvalue weighted by Crippen LogP contribution is 2.29. The van der Waals surface area contributed by atoms with Crippen LogP contribution in [0.15, 0.2) is 24.3 Å². The molecule has 0 unspecified atom stereocenters. The second kappa shape index (κ2) is 20.4. The van der Waals surface area contributed by atoms with Crippen molar-refractivity contribution in [3.05, 3.63) is 35.4 Å². The largest absolute Gasteiger partial charge is 0.330 e. The van der Waals surface area contributed by atoms with Gasteiger partial charge >= 0.3 is 0 Å². The molecule has 2 aliphatic carbocycles. The average Bonchev–Trinajstić information content (AvgIpc) is 3.06. The van der Waals surface area contributed by atoms with Crippen LogP contribution in [0.4, 0.5) is 0 Å². The summed E-state index contributed by atoms with van der Waals surface area (Å²) < 4.78 is 0. The van der Waals surface area contributed by atoms with E-state index in [1.54, 1.807) is 10.0 Å². The lowest BCUT2D eigenvalue weighted by molar-refractivity contribution is -0.136. The Morgan fingerprint density at radius 2 is 0.977 bits per heavy atom. The van der Waals surface area contributed by atoms with Crippen molar-refractivity contribution in [3.8, 4) is 0 Å². The van der Waals surface area contributed by atoms with Gasteiger partial charge in [-0.05, 0) is 112 Å². The van der Waals surface area contributed by atoms with Crippen molar-refractivity contribution in [2.24, 2.45) is 35.1 Å². The molecule has 0 heterocycles. The summed E-state index contributed by atoms with van der Waals surface area (Å²) in [6.07, 6.45) is 13.1. The van der Waals surface area contributed by atoms with Crippen molar-refractivity contribution in [1.82, 2.24) is 20.9 Å². The first kappa shape index (κ1) is 35.8. The van der Waals surface area contributed by atoms with Gasteiger partial charge in [-0.25, -0.2) is 10.9 Å². The number of carbonyl (C=O) groups is 4. The number of amides is 2. The van der Waals surface area contributed by atoms with Gasteiger partial charge in [0.2, 0.25) is 11.8 Å². The Labute approximate surface area is 264 Å². The van der Waals surface area contributed by atoms with Crippen molar-refractivity contribution in [3.63, 3.8) is 0 Å². The predicted molar refractivity (Wildman–Crippen MR) is 172 cm³/mol. The molecule has 3 rings (SSSR count). The molecule has 44 heavy (non-hydrogen) atoms. The molecule has 0 spiro atoms. The fourth-order valence-electron chi connectivity index (χ4n) is 6.42. The number of hydrogen-bond donors (Lipinski definition) is 4. The number of nitrogens with zero attached hydrogens (tertiary/aromatic N) is 2. The highest BCUT2D eigenvalue weighted by molar-refractivity contribution is 5.76. The van der Waals surface area contributed by atoms with Gasteiger partial charge in [-0.3, -0.25) is 19.6 Å². The number of unbranched alkanes of at least 4 members (excludes halogenated alkanes) is 2. The second-order valence-corrected chi connectivity index (χ2v) is 12.9. The summed E-state index contributed by atoms with van der Waals surface area (Å²) in [4.78, 5) is 47.6. The number of nitrogens with one attached hydrogen (secondary N) is 2. The molecule has 0 aromatic heterocycles. The maximum atomic E-state index is 13.0. The number of benzene rings is 1. The minimum atomic E-state index is 0.0306. The van der Waals surface area contributed by atoms with Crippen molar-refractivity contribution in [2.75, 3.05) is 26.2 Å². The van der Waals surface area contributed by atoms with E-state index in [2.05, 4.69) is 35.1 Å². The lowest BCUT2D eigenvalue weighted by Crippen LogP contribution is -2.46. The molecule has 6 N–H and O–H groups in total. The van der Waals surface area contributed by atoms with Gasteiger partial charge in [-0.2, -0.15) is 0 Å². The van der Waals surface area contributed by atoms with Crippen molar-refractivity contribution < 1.29 is 19.2 Å². The molecule has 0 aliphatic heterocycles. The number of aldehydes is 2. The van der Waals surface area contributed by atoms with Crippen LogP contribution in [-0.2, 0) is 32.3 Å². The molecular weight excluding hydrogens is 556 g/mol. The number of hydrogen-bond acceptors (Lipinski definition) is 8. The van der Waals surface area contributed by atoms with Crippen LogP contribution >= 0.6 is 0 Å². The van der Waals surface area contributed by atoms with Crippen LogP contribution in [0.3, 0.4) is 0 Å². The number of rotatable bonds is 20. The maximum Gasteiger partial charge on any atom is 0.236 e. The number of carbonyl (C=O) groups excluding carboxylic acids is 4. The van der Waals surface area contributed by atoms with Gasteiger partial charge in [0.25, 0.3) is 0 Å². The molecule has 1 aromatic rings. The zero-order chi connectivity index (χ0) is 31.6. The standard InChI is InChI=1S/C34H56N6O4/c35-21-27-7-15-31(16-8-27)25-39(33(43)5-1-3-19-41)37-23-29-11-13-30(14-12-29)24-38-40(34(44)6-2-4-20-42)26-32-17-9-28(22-36)10-18-32/h11-14,19-20,27-28,31-32,37-38H,1-10,15-18,21-26,35-36H2. The summed E-state index contributed by atoms with van der Waals surface area (Å²) in [6, 6.07) is 8.21. The second-order valence-electron chi connectivity index (χ2n) is 12.9. The monoisotopic (exact) mass is 612 g/mol.